The van der Waals surface area contributed by atoms with Crippen LogP contribution in [0.3, 0.4) is 0 Å². The van der Waals surface area contributed by atoms with Crippen molar-refractivity contribution in [2.75, 3.05) is 7.05 Å². The van der Waals surface area contributed by atoms with Crippen LogP contribution in [0, 0.1) is 13.8 Å². The van der Waals surface area contributed by atoms with Gasteiger partial charge in [-0.05, 0) is 20.9 Å². The second-order valence-corrected chi connectivity index (χ2v) is 3.91. The average Bonchev–Trinajstić information content (AvgIpc) is 2.49. The fraction of sp³-hybridized carbons (Fsp3) is 0.286. The van der Waals surface area contributed by atoms with Crippen molar-refractivity contribution in [2.45, 2.75) is 13.8 Å². The lowest BCUT2D eigenvalue weighted by molar-refractivity contribution is 0.411. The number of aryl methyl sites for hydroxylation is 2. The van der Waals surface area contributed by atoms with Gasteiger partial charge in [-0.1, -0.05) is 0 Å². The number of rotatable bonds is 0. The van der Waals surface area contributed by atoms with Gasteiger partial charge in [0, 0.05) is 25.4 Å². The molecule has 0 bridgehead atoms. The number of hydrogen-bond donors (Lipinski definition) is 3. The lowest BCUT2D eigenvalue weighted by Crippen LogP contribution is -2.06. The molecule has 2 heterocycles. The van der Waals surface area contributed by atoms with E-state index in [2.05, 4.69) is 10.2 Å². The van der Waals surface area contributed by atoms with Gasteiger partial charge in [-0.15, -0.1) is 0 Å². The number of hydrogen-bond acceptors (Lipinski definition) is 6. The lowest BCUT2D eigenvalue weighted by atomic mass is 10.3. The van der Waals surface area contributed by atoms with E-state index in [1.165, 1.54) is 32.4 Å². The van der Waals surface area contributed by atoms with E-state index in [-0.39, 0.29) is 28.2 Å². The highest BCUT2D eigenvalue weighted by Crippen LogP contribution is 2.06. The van der Waals surface area contributed by atoms with Crippen LogP contribution in [0.4, 0.5) is 0 Å². The van der Waals surface area contributed by atoms with Crippen LogP contribution in [0.25, 0.3) is 0 Å². The molecular formula is C14H22N2O6. The van der Waals surface area contributed by atoms with Gasteiger partial charge >= 0.3 is 0 Å². The highest BCUT2D eigenvalue weighted by Gasteiger charge is 2.00. The van der Waals surface area contributed by atoms with Crippen LogP contribution in [-0.2, 0) is 7.05 Å². The molecule has 0 fully saturated rings. The maximum atomic E-state index is 10.7. The maximum absolute atomic E-state index is 10.7. The molecule has 0 amide bonds. The first-order valence-corrected chi connectivity index (χ1v) is 6.05. The molecule has 8 nitrogen and oxygen atoms in total. The topological polar surface area (TPSA) is 150 Å². The number of aromatic nitrogens is 1. The van der Waals surface area contributed by atoms with Gasteiger partial charge in [-0.25, -0.2) is 0 Å². The largest absolute Gasteiger partial charge is 0.503 e. The molecule has 22 heavy (non-hydrogen) atoms. The van der Waals surface area contributed by atoms with Crippen LogP contribution in [0.15, 0.2) is 38.6 Å². The first-order valence-electron chi connectivity index (χ1n) is 6.05. The molecule has 0 aliphatic carbocycles. The SMILES string of the molecule is CN.Cc1c(O)c(=O)ccn1C.Cc1occc(=O)c1O.O. The van der Waals surface area contributed by atoms with E-state index >= 15 is 0 Å². The van der Waals surface area contributed by atoms with Crippen molar-refractivity contribution in [2.24, 2.45) is 12.8 Å². The summed E-state index contributed by atoms with van der Waals surface area (Å²) < 4.78 is 6.38. The van der Waals surface area contributed by atoms with Crippen molar-refractivity contribution in [3.05, 3.63) is 56.5 Å². The molecule has 8 heteroatoms. The normalized spacial score (nSPS) is 8.59. The monoisotopic (exact) mass is 314 g/mol. The van der Waals surface area contributed by atoms with Crippen LogP contribution < -0.4 is 16.6 Å². The zero-order chi connectivity index (χ0) is 16.6. The molecule has 0 unspecified atom stereocenters. The van der Waals surface area contributed by atoms with Gasteiger partial charge in [0.2, 0.25) is 16.6 Å². The van der Waals surface area contributed by atoms with E-state index in [1.807, 2.05) is 0 Å². The minimum Gasteiger partial charge on any atom is -0.503 e. The number of pyridine rings is 1. The van der Waals surface area contributed by atoms with E-state index in [0.717, 1.165) is 0 Å². The van der Waals surface area contributed by atoms with Gasteiger partial charge in [-0.2, -0.15) is 0 Å². The third kappa shape index (κ3) is 5.81. The number of aromatic hydroxyl groups is 2. The maximum Gasteiger partial charge on any atom is 0.226 e. The molecule has 0 spiro atoms. The zero-order valence-electron chi connectivity index (χ0n) is 13.0. The Bertz CT molecular complexity index is 690. The molecule has 0 radical (unpaired) electrons. The van der Waals surface area contributed by atoms with Crippen molar-refractivity contribution >= 4 is 0 Å². The molecule has 0 saturated heterocycles. The summed E-state index contributed by atoms with van der Waals surface area (Å²) in [4.78, 5) is 21.3. The molecule has 0 atom stereocenters. The summed E-state index contributed by atoms with van der Waals surface area (Å²) in [5, 5.41) is 17.9. The van der Waals surface area contributed by atoms with Crippen LogP contribution in [0.2, 0.25) is 0 Å². The standard InChI is InChI=1S/C7H9NO2.C6H6O3.CH5N.H2O/c1-5-7(10)6(9)3-4-8(5)2;1-4-6(8)5(7)2-3-9-4;1-2;/h3-4,10H,1-2H3;2-3,8H,1H3;2H2,1H3;1H2. The van der Waals surface area contributed by atoms with Crippen LogP contribution in [-0.4, -0.2) is 27.3 Å². The summed E-state index contributed by atoms with van der Waals surface area (Å²) in [6.07, 6.45) is 2.87. The molecular weight excluding hydrogens is 292 g/mol. The molecule has 0 saturated carbocycles. The van der Waals surface area contributed by atoms with E-state index in [9.17, 15) is 9.59 Å². The highest BCUT2D eigenvalue weighted by atomic mass is 16.4. The van der Waals surface area contributed by atoms with Crippen LogP contribution in [0.5, 0.6) is 11.5 Å². The summed E-state index contributed by atoms with van der Waals surface area (Å²) in [7, 11) is 3.27. The molecule has 2 rings (SSSR count). The molecule has 0 aromatic carbocycles. The molecule has 124 valence electrons. The summed E-state index contributed by atoms with van der Waals surface area (Å²) in [5.41, 5.74) is 4.36. The molecule has 0 aliphatic heterocycles. The van der Waals surface area contributed by atoms with Crippen molar-refractivity contribution in [3.8, 4) is 11.5 Å². The third-order valence-electron chi connectivity index (χ3n) is 2.59. The minimum absolute atomic E-state index is 0. The van der Waals surface area contributed by atoms with Gasteiger partial charge in [0.1, 0.15) is 5.76 Å². The molecule has 6 N–H and O–H groups in total. The molecule has 2 aromatic rings. The van der Waals surface area contributed by atoms with E-state index in [0.29, 0.717) is 5.69 Å². The minimum atomic E-state index is -0.404. The predicted molar refractivity (Wildman–Crippen MR) is 83.2 cm³/mol. The Morgan fingerprint density at radius 2 is 1.55 bits per heavy atom. The van der Waals surface area contributed by atoms with Gasteiger partial charge in [0.15, 0.2) is 5.75 Å². The first kappa shape index (κ1) is 21.7. The first-order chi connectivity index (χ1) is 9.84. The fourth-order valence-corrected chi connectivity index (χ4v) is 1.22. The second kappa shape index (κ2) is 10.2. The zero-order valence-corrected chi connectivity index (χ0v) is 13.0. The lowest BCUT2D eigenvalue weighted by Gasteiger charge is -2.02. The van der Waals surface area contributed by atoms with Crippen molar-refractivity contribution in [3.63, 3.8) is 0 Å². The Balaban J connectivity index is 0. The Kier molecular flexibility index (Phi) is 10.1. The summed E-state index contributed by atoms with van der Waals surface area (Å²) in [5.74, 6) is -0.218. The van der Waals surface area contributed by atoms with E-state index in [4.69, 9.17) is 10.2 Å². The van der Waals surface area contributed by atoms with Crippen molar-refractivity contribution in [1.29, 1.82) is 0 Å². The Labute approximate surface area is 127 Å². The van der Waals surface area contributed by atoms with E-state index in [1.54, 1.807) is 24.7 Å². The highest BCUT2D eigenvalue weighted by molar-refractivity contribution is 5.24. The second-order valence-electron chi connectivity index (χ2n) is 3.91. The smallest absolute Gasteiger partial charge is 0.226 e. The number of nitrogens with zero attached hydrogens (tertiary/aromatic N) is 1. The summed E-state index contributed by atoms with van der Waals surface area (Å²) >= 11 is 0. The molecule has 2 aromatic heterocycles. The summed E-state index contributed by atoms with van der Waals surface area (Å²) in [6, 6.07) is 2.50. The summed E-state index contributed by atoms with van der Waals surface area (Å²) in [6.45, 7) is 3.22. The Hall–Kier alpha value is -2.58. The average molecular weight is 314 g/mol. The van der Waals surface area contributed by atoms with Gasteiger partial charge in [0.05, 0.1) is 12.0 Å². The quantitative estimate of drug-likeness (QED) is 0.613. The van der Waals surface area contributed by atoms with Crippen LogP contribution >= 0.6 is 0 Å². The van der Waals surface area contributed by atoms with Gasteiger partial charge in [-0.3, -0.25) is 9.59 Å². The molecule has 0 aliphatic rings. The van der Waals surface area contributed by atoms with E-state index < -0.39 is 5.43 Å². The van der Waals surface area contributed by atoms with Gasteiger partial charge < -0.3 is 30.4 Å². The van der Waals surface area contributed by atoms with Crippen LogP contribution in [0.1, 0.15) is 11.5 Å². The van der Waals surface area contributed by atoms with Gasteiger partial charge in [0.25, 0.3) is 0 Å². The van der Waals surface area contributed by atoms with Crippen molar-refractivity contribution in [1.82, 2.24) is 4.57 Å². The third-order valence-corrected chi connectivity index (χ3v) is 2.59. The van der Waals surface area contributed by atoms with Crippen molar-refractivity contribution < 1.29 is 20.1 Å². The fourth-order valence-electron chi connectivity index (χ4n) is 1.22. The Morgan fingerprint density at radius 1 is 1.05 bits per heavy atom. The Morgan fingerprint density at radius 3 is 1.95 bits per heavy atom. The number of nitrogens with two attached hydrogens (primary N) is 1. The predicted octanol–water partition coefficient (Wildman–Crippen LogP) is -0.197.